The summed E-state index contributed by atoms with van der Waals surface area (Å²) in [6.45, 7) is 7.04. The summed E-state index contributed by atoms with van der Waals surface area (Å²) in [5.41, 5.74) is 0. The second-order valence-corrected chi connectivity index (χ2v) is 7.43. The molecule has 2 aliphatic heterocycles. The Morgan fingerprint density at radius 1 is 1.05 bits per heavy atom. The molecule has 6 heteroatoms. The summed E-state index contributed by atoms with van der Waals surface area (Å²) in [5.74, 6) is -1.01. The molecule has 2 heterocycles. The third-order valence-corrected chi connectivity index (χ3v) is 5.03. The molecule has 1 N–H and O–H groups in total. The average molecular weight is 286 g/mol. The zero-order chi connectivity index (χ0) is 14.0. The van der Waals surface area contributed by atoms with Crippen LogP contribution in [0.15, 0.2) is 0 Å². The van der Waals surface area contributed by atoms with E-state index in [4.69, 9.17) is 5.11 Å². The second kappa shape index (κ2) is 6.03. The van der Waals surface area contributed by atoms with Crippen LogP contribution in [0.1, 0.15) is 26.7 Å². The maximum absolute atomic E-state index is 12.4. The molecule has 0 spiro atoms. The van der Waals surface area contributed by atoms with E-state index in [1.54, 1.807) is 0 Å². The molecule has 108 valence electrons. The van der Waals surface area contributed by atoms with Gasteiger partial charge in [0.05, 0.1) is 5.92 Å². The molecule has 0 bridgehead atoms. The first-order valence-corrected chi connectivity index (χ1v) is 7.83. The number of piperidine rings is 1. The van der Waals surface area contributed by atoms with Crippen molar-refractivity contribution in [3.63, 3.8) is 0 Å². The molecule has 2 unspecified atom stereocenters. The van der Waals surface area contributed by atoms with Crippen LogP contribution in [0.4, 0.5) is 4.79 Å². The summed E-state index contributed by atoms with van der Waals surface area (Å²) in [6.07, 6.45) is 1.16. The minimum absolute atomic E-state index is 0.0860. The van der Waals surface area contributed by atoms with Gasteiger partial charge in [0.1, 0.15) is 0 Å². The SMILES string of the molecule is CC1CN(C(=O)N2CCC(C(=O)O)CC2)CC(C)S1. The molecule has 0 aromatic carbocycles. The molecule has 0 radical (unpaired) electrons. The molecule has 0 aromatic rings. The largest absolute Gasteiger partial charge is 0.481 e. The number of rotatable bonds is 1. The first-order valence-electron chi connectivity index (χ1n) is 6.89. The lowest BCUT2D eigenvalue weighted by molar-refractivity contribution is -0.143. The minimum Gasteiger partial charge on any atom is -0.481 e. The zero-order valence-electron chi connectivity index (χ0n) is 11.5. The Bertz CT molecular complexity index is 346. The van der Waals surface area contributed by atoms with Gasteiger partial charge in [0.25, 0.3) is 0 Å². The van der Waals surface area contributed by atoms with Crippen molar-refractivity contribution < 1.29 is 14.7 Å². The van der Waals surface area contributed by atoms with E-state index in [1.165, 1.54) is 0 Å². The van der Waals surface area contributed by atoms with Crippen molar-refractivity contribution in [3.05, 3.63) is 0 Å². The maximum atomic E-state index is 12.4. The first kappa shape index (κ1) is 14.5. The van der Waals surface area contributed by atoms with Gasteiger partial charge in [0.2, 0.25) is 0 Å². The Balaban J connectivity index is 1.88. The molecule has 2 fully saturated rings. The van der Waals surface area contributed by atoms with Crippen molar-refractivity contribution in [2.24, 2.45) is 5.92 Å². The van der Waals surface area contributed by atoms with Crippen molar-refractivity contribution >= 4 is 23.8 Å². The normalized spacial score (nSPS) is 29.4. The number of hydrogen-bond acceptors (Lipinski definition) is 3. The third-order valence-electron chi connectivity index (χ3n) is 3.80. The predicted molar refractivity (Wildman–Crippen MR) is 75.4 cm³/mol. The predicted octanol–water partition coefficient (Wildman–Crippen LogP) is 1.73. The summed E-state index contributed by atoms with van der Waals surface area (Å²) >= 11 is 1.92. The van der Waals surface area contributed by atoms with Gasteiger partial charge in [-0.05, 0) is 12.8 Å². The van der Waals surface area contributed by atoms with Crippen LogP contribution in [0.3, 0.4) is 0 Å². The highest BCUT2D eigenvalue weighted by Gasteiger charge is 2.32. The van der Waals surface area contributed by atoms with Crippen molar-refractivity contribution in [2.45, 2.75) is 37.2 Å². The number of carboxylic acid groups (broad SMARTS) is 1. The van der Waals surface area contributed by atoms with E-state index in [0.717, 1.165) is 13.1 Å². The summed E-state index contributed by atoms with van der Waals surface area (Å²) in [4.78, 5) is 27.1. The number of amides is 2. The topological polar surface area (TPSA) is 60.9 Å². The van der Waals surface area contributed by atoms with Crippen molar-refractivity contribution in [1.82, 2.24) is 9.80 Å². The number of carbonyl (C=O) groups is 2. The van der Waals surface area contributed by atoms with E-state index in [2.05, 4.69) is 13.8 Å². The Kier molecular flexibility index (Phi) is 4.60. The smallest absolute Gasteiger partial charge is 0.320 e. The minimum atomic E-state index is -0.733. The number of hydrogen-bond donors (Lipinski definition) is 1. The van der Waals surface area contributed by atoms with Gasteiger partial charge in [0, 0.05) is 36.7 Å². The lowest BCUT2D eigenvalue weighted by Gasteiger charge is -2.39. The number of nitrogens with zero attached hydrogens (tertiary/aromatic N) is 2. The van der Waals surface area contributed by atoms with Gasteiger partial charge in [-0.1, -0.05) is 13.8 Å². The van der Waals surface area contributed by atoms with Crippen LogP contribution < -0.4 is 0 Å². The fraction of sp³-hybridized carbons (Fsp3) is 0.846. The fourth-order valence-electron chi connectivity index (χ4n) is 2.85. The van der Waals surface area contributed by atoms with Gasteiger partial charge in [-0.25, -0.2) is 4.79 Å². The zero-order valence-corrected chi connectivity index (χ0v) is 12.4. The maximum Gasteiger partial charge on any atom is 0.320 e. The van der Waals surface area contributed by atoms with Crippen LogP contribution >= 0.6 is 11.8 Å². The fourth-order valence-corrected chi connectivity index (χ4v) is 4.18. The van der Waals surface area contributed by atoms with Gasteiger partial charge in [-0.3, -0.25) is 4.79 Å². The molecule has 2 amide bonds. The number of carbonyl (C=O) groups excluding carboxylic acids is 1. The molecular formula is C13H22N2O3S. The second-order valence-electron chi connectivity index (χ2n) is 5.54. The Labute approximate surface area is 118 Å². The van der Waals surface area contributed by atoms with Crippen LogP contribution in [0, 0.1) is 5.92 Å². The van der Waals surface area contributed by atoms with Gasteiger partial charge < -0.3 is 14.9 Å². The molecule has 2 atom stereocenters. The molecule has 2 saturated heterocycles. The molecule has 0 aliphatic carbocycles. The summed E-state index contributed by atoms with van der Waals surface area (Å²) in [7, 11) is 0. The highest BCUT2D eigenvalue weighted by Crippen LogP contribution is 2.26. The van der Waals surface area contributed by atoms with E-state index in [1.807, 2.05) is 21.6 Å². The summed E-state index contributed by atoms with van der Waals surface area (Å²) in [6, 6.07) is 0.0860. The van der Waals surface area contributed by atoms with Gasteiger partial charge in [0.15, 0.2) is 0 Å². The molecule has 2 rings (SSSR count). The van der Waals surface area contributed by atoms with Crippen LogP contribution in [0.5, 0.6) is 0 Å². The molecule has 0 aromatic heterocycles. The Hall–Kier alpha value is -0.910. The van der Waals surface area contributed by atoms with Crippen molar-refractivity contribution in [1.29, 1.82) is 0 Å². The average Bonchev–Trinajstić information content (AvgIpc) is 2.37. The molecule has 0 saturated carbocycles. The van der Waals surface area contributed by atoms with Crippen LogP contribution in [-0.2, 0) is 4.79 Å². The lowest BCUT2D eigenvalue weighted by atomic mass is 9.97. The summed E-state index contributed by atoms with van der Waals surface area (Å²) < 4.78 is 0. The van der Waals surface area contributed by atoms with Crippen LogP contribution in [-0.4, -0.2) is 63.6 Å². The molecule has 19 heavy (non-hydrogen) atoms. The first-order chi connectivity index (χ1) is 8.97. The third kappa shape index (κ3) is 3.55. The number of thioether (sulfide) groups is 1. The quantitative estimate of drug-likeness (QED) is 0.797. The summed E-state index contributed by atoms with van der Waals surface area (Å²) in [5, 5.41) is 9.92. The van der Waals surface area contributed by atoms with Gasteiger partial charge in [-0.15, -0.1) is 0 Å². The van der Waals surface area contributed by atoms with Gasteiger partial charge in [-0.2, -0.15) is 11.8 Å². The monoisotopic (exact) mass is 286 g/mol. The highest BCUT2D eigenvalue weighted by atomic mass is 32.2. The molecular weight excluding hydrogens is 264 g/mol. The standard InChI is InChI=1S/C13H22N2O3S/c1-9-7-15(8-10(2)19-9)13(18)14-5-3-11(4-6-14)12(16)17/h9-11H,3-8H2,1-2H3,(H,16,17). The van der Waals surface area contributed by atoms with E-state index in [0.29, 0.717) is 36.4 Å². The van der Waals surface area contributed by atoms with Gasteiger partial charge >= 0.3 is 12.0 Å². The van der Waals surface area contributed by atoms with Crippen molar-refractivity contribution in [2.75, 3.05) is 26.2 Å². The molecule has 2 aliphatic rings. The highest BCUT2D eigenvalue weighted by molar-refractivity contribution is 8.00. The van der Waals surface area contributed by atoms with E-state index >= 15 is 0 Å². The Morgan fingerprint density at radius 3 is 2.05 bits per heavy atom. The van der Waals surface area contributed by atoms with E-state index in [-0.39, 0.29) is 11.9 Å². The van der Waals surface area contributed by atoms with E-state index in [9.17, 15) is 9.59 Å². The van der Waals surface area contributed by atoms with Crippen molar-refractivity contribution in [3.8, 4) is 0 Å². The lowest BCUT2D eigenvalue weighted by Crippen LogP contribution is -2.52. The van der Waals surface area contributed by atoms with Crippen LogP contribution in [0.25, 0.3) is 0 Å². The number of carboxylic acids is 1. The Morgan fingerprint density at radius 2 is 1.58 bits per heavy atom. The number of likely N-dealkylation sites (tertiary alicyclic amines) is 1. The number of aliphatic carboxylic acids is 1. The number of urea groups is 1. The van der Waals surface area contributed by atoms with Crippen LogP contribution in [0.2, 0.25) is 0 Å². The van der Waals surface area contributed by atoms with E-state index < -0.39 is 5.97 Å². The molecule has 5 nitrogen and oxygen atoms in total.